The molecule has 0 aliphatic heterocycles. The highest BCUT2D eigenvalue weighted by Gasteiger charge is 2.22. The number of rotatable bonds is 9. The van der Waals surface area contributed by atoms with Crippen LogP contribution in [-0.4, -0.2) is 40.7 Å². The van der Waals surface area contributed by atoms with E-state index in [4.69, 9.17) is 0 Å². The molecule has 34 heavy (non-hydrogen) atoms. The SMILES string of the molecule is Cc1ccccc1C(=O)N(CC(=O)Nc1nc(CC(=O)Nc2ccccc2F)cs1)CC(C)C. The summed E-state index contributed by atoms with van der Waals surface area (Å²) in [5, 5.41) is 7.19. The Kier molecular flexibility index (Phi) is 8.48. The first-order valence-electron chi connectivity index (χ1n) is 10.9. The van der Waals surface area contributed by atoms with Crippen LogP contribution in [0.4, 0.5) is 15.2 Å². The third-order valence-electron chi connectivity index (χ3n) is 4.87. The minimum absolute atomic E-state index is 0.0635. The van der Waals surface area contributed by atoms with Gasteiger partial charge >= 0.3 is 0 Å². The van der Waals surface area contributed by atoms with E-state index in [1.807, 2.05) is 32.9 Å². The van der Waals surface area contributed by atoms with E-state index in [1.165, 1.54) is 34.4 Å². The van der Waals surface area contributed by atoms with Crippen molar-refractivity contribution in [3.8, 4) is 0 Å². The van der Waals surface area contributed by atoms with Crippen molar-refractivity contribution in [3.05, 3.63) is 76.5 Å². The lowest BCUT2D eigenvalue weighted by Gasteiger charge is -2.24. The summed E-state index contributed by atoms with van der Waals surface area (Å²) >= 11 is 1.18. The van der Waals surface area contributed by atoms with Crippen molar-refractivity contribution in [2.75, 3.05) is 23.7 Å². The fourth-order valence-corrected chi connectivity index (χ4v) is 4.07. The number of nitrogens with zero attached hydrogens (tertiary/aromatic N) is 2. The van der Waals surface area contributed by atoms with Gasteiger partial charge in [0.25, 0.3) is 5.91 Å². The second-order valence-electron chi connectivity index (χ2n) is 8.29. The second kappa shape index (κ2) is 11.5. The Morgan fingerprint density at radius 1 is 1.03 bits per heavy atom. The second-order valence-corrected chi connectivity index (χ2v) is 9.15. The summed E-state index contributed by atoms with van der Waals surface area (Å²) < 4.78 is 13.7. The van der Waals surface area contributed by atoms with Gasteiger partial charge in [-0.2, -0.15) is 0 Å². The van der Waals surface area contributed by atoms with Crippen LogP contribution in [0.1, 0.15) is 35.5 Å². The number of amides is 3. The van der Waals surface area contributed by atoms with Crippen molar-refractivity contribution in [2.24, 2.45) is 5.92 Å². The lowest BCUT2D eigenvalue weighted by Crippen LogP contribution is -2.40. The van der Waals surface area contributed by atoms with Gasteiger partial charge in [0, 0.05) is 17.5 Å². The molecule has 2 aromatic carbocycles. The highest BCUT2D eigenvalue weighted by molar-refractivity contribution is 7.13. The molecule has 9 heteroatoms. The van der Waals surface area contributed by atoms with E-state index >= 15 is 0 Å². The molecule has 178 valence electrons. The number of para-hydroxylation sites is 1. The molecule has 0 aliphatic rings. The van der Waals surface area contributed by atoms with Gasteiger partial charge in [-0.3, -0.25) is 14.4 Å². The first kappa shape index (κ1) is 25.0. The summed E-state index contributed by atoms with van der Waals surface area (Å²) in [5.74, 6) is -1.33. The van der Waals surface area contributed by atoms with Crippen molar-refractivity contribution in [1.82, 2.24) is 9.88 Å². The van der Waals surface area contributed by atoms with Crippen molar-refractivity contribution in [2.45, 2.75) is 27.2 Å². The van der Waals surface area contributed by atoms with Gasteiger partial charge in [0.15, 0.2) is 5.13 Å². The van der Waals surface area contributed by atoms with Gasteiger partial charge in [-0.25, -0.2) is 9.37 Å². The van der Waals surface area contributed by atoms with Crippen LogP contribution in [-0.2, 0) is 16.0 Å². The van der Waals surface area contributed by atoms with Gasteiger partial charge in [-0.15, -0.1) is 11.3 Å². The molecule has 0 unspecified atom stereocenters. The zero-order chi connectivity index (χ0) is 24.7. The van der Waals surface area contributed by atoms with Crippen LogP contribution in [0.15, 0.2) is 53.9 Å². The molecule has 0 aliphatic carbocycles. The molecule has 7 nitrogen and oxygen atoms in total. The van der Waals surface area contributed by atoms with E-state index in [0.717, 1.165) is 5.56 Å². The molecule has 3 rings (SSSR count). The first-order chi connectivity index (χ1) is 16.2. The third kappa shape index (κ3) is 6.95. The van der Waals surface area contributed by atoms with Gasteiger partial charge in [0.1, 0.15) is 12.4 Å². The summed E-state index contributed by atoms with van der Waals surface area (Å²) in [5.41, 5.74) is 1.96. The highest BCUT2D eigenvalue weighted by atomic mass is 32.1. The lowest BCUT2D eigenvalue weighted by atomic mass is 10.1. The molecule has 0 fully saturated rings. The van der Waals surface area contributed by atoms with E-state index in [0.29, 0.717) is 22.9 Å². The molecule has 1 aromatic heterocycles. The number of aryl methyl sites for hydroxylation is 1. The van der Waals surface area contributed by atoms with Gasteiger partial charge in [-0.05, 0) is 36.6 Å². The Bertz CT molecular complexity index is 1180. The van der Waals surface area contributed by atoms with E-state index in [2.05, 4.69) is 15.6 Å². The standard InChI is InChI=1S/C25H27FN4O3S/c1-16(2)13-30(24(33)19-9-5-4-8-17(19)3)14-23(32)29-25-27-18(15-34-25)12-22(31)28-21-11-7-6-10-20(21)26/h4-11,15-16H,12-14H2,1-3H3,(H,28,31)(H,27,29,32). The van der Waals surface area contributed by atoms with Crippen molar-refractivity contribution < 1.29 is 18.8 Å². The number of aromatic nitrogens is 1. The number of thiazole rings is 1. The Morgan fingerprint density at radius 2 is 1.74 bits per heavy atom. The van der Waals surface area contributed by atoms with Crippen molar-refractivity contribution >= 4 is 39.9 Å². The smallest absolute Gasteiger partial charge is 0.254 e. The third-order valence-corrected chi connectivity index (χ3v) is 5.68. The average Bonchev–Trinajstić information content (AvgIpc) is 3.20. The maximum absolute atomic E-state index is 13.7. The summed E-state index contributed by atoms with van der Waals surface area (Å²) in [6.45, 7) is 6.14. The molecule has 1 heterocycles. The number of halogens is 1. The van der Waals surface area contributed by atoms with Gasteiger partial charge in [0.2, 0.25) is 11.8 Å². The summed E-state index contributed by atoms with van der Waals surface area (Å²) in [7, 11) is 0. The number of benzene rings is 2. The normalized spacial score (nSPS) is 10.7. The average molecular weight is 483 g/mol. The Morgan fingerprint density at radius 3 is 2.44 bits per heavy atom. The molecule has 0 bridgehead atoms. The minimum Gasteiger partial charge on any atom is -0.329 e. The highest BCUT2D eigenvalue weighted by Crippen LogP contribution is 2.18. The Balaban J connectivity index is 1.60. The van der Waals surface area contributed by atoms with E-state index in [9.17, 15) is 18.8 Å². The Labute approximate surface area is 202 Å². The van der Waals surface area contributed by atoms with Crippen LogP contribution >= 0.6 is 11.3 Å². The van der Waals surface area contributed by atoms with Crippen LogP contribution < -0.4 is 10.6 Å². The fraction of sp³-hybridized carbons (Fsp3) is 0.280. The van der Waals surface area contributed by atoms with Crippen LogP contribution in [0.2, 0.25) is 0 Å². The number of hydrogen-bond acceptors (Lipinski definition) is 5. The molecular formula is C25H27FN4O3S. The molecule has 0 atom stereocenters. The first-order valence-corrected chi connectivity index (χ1v) is 11.7. The molecule has 0 spiro atoms. The molecular weight excluding hydrogens is 455 g/mol. The predicted octanol–water partition coefficient (Wildman–Crippen LogP) is 4.51. The van der Waals surface area contributed by atoms with Gasteiger partial charge < -0.3 is 15.5 Å². The quantitative estimate of drug-likeness (QED) is 0.470. The Hall–Kier alpha value is -3.59. The van der Waals surface area contributed by atoms with Gasteiger partial charge in [0.05, 0.1) is 17.8 Å². The van der Waals surface area contributed by atoms with Crippen molar-refractivity contribution in [1.29, 1.82) is 0 Å². The molecule has 3 amide bonds. The van der Waals surface area contributed by atoms with Crippen LogP contribution in [0.3, 0.4) is 0 Å². The van der Waals surface area contributed by atoms with Crippen LogP contribution in [0.5, 0.6) is 0 Å². The molecule has 3 aromatic rings. The zero-order valence-corrected chi connectivity index (χ0v) is 20.1. The lowest BCUT2D eigenvalue weighted by molar-refractivity contribution is -0.117. The number of anilines is 2. The molecule has 0 saturated carbocycles. The maximum atomic E-state index is 13.7. The fourth-order valence-electron chi connectivity index (χ4n) is 3.34. The van der Waals surface area contributed by atoms with E-state index < -0.39 is 11.7 Å². The number of nitrogens with one attached hydrogen (secondary N) is 2. The van der Waals surface area contributed by atoms with E-state index in [-0.39, 0.29) is 36.4 Å². The number of carbonyl (C=O) groups excluding carboxylic acids is 3. The van der Waals surface area contributed by atoms with E-state index in [1.54, 1.807) is 23.6 Å². The summed E-state index contributed by atoms with van der Waals surface area (Å²) in [4.78, 5) is 43.7. The van der Waals surface area contributed by atoms with Gasteiger partial charge in [-0.1, -0.05) is 44.2 Å². The monoisotopic (exact) mass is 482 g/mol. The largest absolute Gasteiger partial charge is 0.329 e. The zero-order valence-electron chi connectivity index (χ0n) is 19.3. The topological polar surface area (TPSA) is 91.4 Å². The van der Waals surface area contributed by atoms with Crippen LogP contribution in [0, 0.1) is 18.7 Å². The minimum atomic E-state index is -0.520. The predicted molar refractivity (Wildman–Crippen MR) is 131 cm³/mol. The number of hydrogen-bond donors (Lipinski definition) is 2. The molecule has 0 radical (unpaired) electrons. The molecule has 0 saturated heterocycles. The van der Waals surface area contributed by atoms with Crippen LogP contribution in [0.25, 0.3) is 0 Å². The summed E-state index contributed by atoms with van der Waals surface area (Å²) in [6.07, 6.45) is -0.0635. The number of carbonyl (C=O) groups is 3. The van der Waals surface area contributed by atoms with Crippen molar-refractivity contribution in [3.63, 3.8) is 0 Å². The summed E-state index contributed by atoms with van der Waals surface area (Å²) in [6, 6.07) is 13.2. The maximum Gasteiger partial charge on any atom is 0.254 e. The molecule has 2 N–H and O–H groups in total.